The van der Waals surface area contributed by atoms with E-state index in [0.717, 1.165) is 0 Å². The highest BCUT2D eigenvalue weighted by molar-refractivity contribution is 6.99. The van der Waals surface area contributed by atoms with Crippen LogP contribution in [0.1, 0.15) is 33.6 Å². The zero-order valence-electron chi connectivity index (χ0n) is 16.7. The standard InChI is InChI=1S/C22H29NO4Si/c1-22(2,3)28(19-10-6-4-7-11-19,20-12-8-5-9-13-20)27-15-14-18(17-23-26)16-21(24)25/h4-13,17-18,26H,14-16H2,1-3H3,(H,24,25). The minimum atomic E-state index is -2.63. The number of aliphatic carboxylic acids is 1. The highest BCUT2D eigenvalue weighted by atomic mass is 28.4. The Labute approximate surface area is 167 Å². The third-order valence-corrected chi connectivity index (χ3v) is 9.98. The van der Waals surface area contributed by atoms with Gasteiger partial charge in [0, 0.05) is 18.7 Å². The van der Waals surface area contributed by atoms with Crippen molar-refractivity contribution in [3.8, 4) is 0 Å². The topological polar surface area (TPSA) is 79.1 Å². The molecule has 0 radical (unpaired) electrons. The van der Waals surface area contributed by atoms with E-state index in [-0.39, 0.29) is 17.4 Å². The fourth-order valence-corrected chi connectivity index (χ4v) is 8.25. The number of carboxylic acids is 1. The Kier molecular flexibility index (Phi) is 7.54. The molecule has 1 unspecified atom stereocenters. The van der Waals surface area contributed by atoms with E-state index in [9.17, 15) is 4.79 Å². The van der Waals surface area contributed by atoms with Crippen LogP contribution < -0.4 is 10.4 Å². The molecule has 0 aromatic heterocycles. The summed E-state index contributed by atoms with van der Waals surface area (Å²) in [4.78, 5) is 11.1. The van der Waals surface area contributed by atoms with Crippen LogP contribution in [-0.4, -0.2) is 37.4 Å². The lowest BCUT2D eigenvalue weighted by Gasteiger charge is -2.43. The van der Waals surface area contributed by atoms with Crippen LogP contribution in [0.2, 0.25) is 5.04 Å². The van der Waals surface area contributed by atoms with E-state index >= 15 is 0 Å². The Balaban J connectivity index is 2.40. The molecule has 0 bridgehead atoms. The first kappa shape index (κ1) is 21.9. The molecule has 0 amide bonds. The van der Waals surface area contributed by atoms with Crippen LogP contribution in [0.3, 0.4) is 0 Å². The van der Waals surface area contributed by atoms with Crippen molar-refractivity contribution in [3.63, 3.8) is 0 Å². The first-order valence-corrected chi connectivity index (χ1v) is 11.4. The van der Waals surface area contributed by atoms with Gasteiger partial charge >= 0.3 is 5.97 Å². The number of hydrogen-bond acceptors (Lipinski definition) is 4. The predicted molar refractivity (Wildman–Crippen MR) is 114 cm³/mol. The molecule has 5 nitrogen and oxygen atoms in total. The monoisotopic (exact) mass is 399 g/mol. The minimum absolute atomic E-state index is 0.0891. The Bertz CT molecular complexity index is 733. The summed E-state index contributed by atoms with van der Waals surface area (Å²) in [6.07, 6.45) is 1.66. The van der Waals surface area contributed by atoms with E-state index in [2.05, 4.69) is 50.2 Å². The van der Waals surface area contributed by atoms with Gasteiger partial charge in [-0.15, -0.1) is 5.16 Å². The molecule has 2 N–H and O–H groups in total. The summed E-state index contributed by atoms with van der Waals surface area (Å²) in [5, 5.41) is 23.2. The van der Waals surface area contributed by atoms with E-state index in [1.165, 1.54) is 16.6 Å². The quantitative estimate of drug-likeness (QED) is 0.293. The van der Waals surface area contributed by atoms with Crippen LogP contribution in [-0.2, 0) is 9.22 Å². The van der Waals surface area contributed by atoms with E-state index in [1.54, 1.807) is 0 Å². The van der Waals surface area contributed by atoms with Gasteiger partial charge in [0.2, 0.25) is 0 Å². The molecular weight excluding hydrogens is 370 g/mol. The summed E-state index contributed by atoms with van der Waals surface area (Å²) in [7, 11) is -2.63. The van der Waals surface area contributed by atoms with Gasteiger partial charge in [0.15, 0.2) is 0 Å². The summed E-state index contributed by atoms with van der Waals surface area (Å²) in [6.45, 7) is 6.98. The summed E-state index contributed by atoms with van der Waals surface area (Å²) in [5.41, 5.74) is 0. The van der Waals surface area contributed by atoms with Gasteiger partial charge in [-0.2, -0.15) is 0 Å². The second-order valence-corrected chi connectivity index (χ2v) is 12.2. The third-order valence-electron chi connectivity index (χ3n) is 4.94. The highest BCUT2D eigenvalue weighted by Gasteiger charge is 2.50. The molecular formula is C22H29NO4Si. The van der Waals surface area contributed by atoms with Crippen LogP contribution >= 0.6 is 0 Å². The van der Waals surface area contributed by atoms with Crippen molar-refractivity contribution in [2.24, 2.45) is 11.1 Å². The normalized spacial score (nSPS) is 13.5. The van der Waals surface area contributed by atoms with Gasteiger partial charge in [0.05, 0.1) is 6.42 Å². The minimum Gasteiger partial charge on any atom is -0.481 e. The number of benzene rings is 2. The van der Waals surface area contributed by atoms with Gasteiger partial charge in [-0.3, -0.25) is 4.79 Å². The van der Waals surface area contributed by atoms with Crippen molar-refractivity contribution < 1.29 is 19.5 Å². The molecule has 0 heterocycles. The number of nitrogens with zero attached hydrogens (tertiary/aromatic N) is 1. The van der Waals surface area contributed by atoms with Crippen molar-refractivity contribution in [2.45, 2.75) is 38.7 Å². The fraction of sp³-hybridized carbons (Fsp3) is 0.364. The Morgan fingerprint density at radius 3 is 1.96 bits per heavy atom. The van der Waals surface area contributed by atoms with Crippen LogP contribution in [0.25, 0.3) is 0 Å². The lowest BCUT2D eigenvalue weighted by molar-refractivity contribution is -0.137. The Hall–Kier alpha value is -2.44. The largest absolute Gasteiger partial charge is 0.481 e. The van der Waals surface area contributed by atoms with Crippen molar-refractivity contribution in [1.29, 1.82) is 0 Å². The van der Waals surface area contributed by atoms with E-state index < -0.39 is 14.3 Å². The molecule has 0 saturated heterocycles. The van der Waals surface area contributed by atoms with Crippen LogP contribution in [0.5, 0.6) is 0 Å². The van der Waals surface area contributed by atoms with Crippen molar-refractivity contribution in [1.82, 2.24) is 0 Å². The Morgan fingerprint density at radius 2 is 1.57 bits per heavy atom. The van der Waals surface area contributed by atoms with E-state index in [0.29, 0.717) is 13.0 Å². The molecule has 0 aliphatic carbocycles. The molecule has 0 saturated carbocycles. The number of rotatable bonds is 9. The molecule has 150 valence electrons. The number of oxime groups is 1. The van der Waals surface area contributed by atoms with Crippen LogP contribution in [0, 0.1) is 5.92 Å². The summed E-state index contributed by atoms with van der Waals surface area (Å²) in [5.74, 6) is -1.30. The van der Waals surface area contributed by atoms with E-state index in [1.807, 2.05) is 36.4 Å². The number of carbonyl (C=O) groups is 1. The van der Waals surface area contributed by atoms with E-state index in [4.69, 9.17) is 14.7 Å². The molecule has 0 aliphatic rings. The van der Waals surface area contributed by atoms with Gasteiger partial charge in [-0.05, 0) is 21.8 Å². The molecule has 28 heavy (non-hydrogen) atoms. The maximum absolute atomic E-state index is 11.1. The summed E-state index contributed by atoms with van der Waals surface area (Å²) in [6, 6.07) is 20.6. The average Bonchev–Trinajstić information content (AvgIpc) is 2.65. The lowest BCUT2D eigenvalue weighted by Crippen LogP contribution is -2.66. The van der Waals surface area contributed by atoms with Gasteiger partial charge < -0.3 is 14.7 Å². The molecule has 0 aliphatic heterocycles. The third kappa shape index (κ3) is 5.08. The average molecular weight is 400 g/mol. The number of hydrogen-bond donors (Lipinski definition) is 2. The smallest absolute Gasteiger partial charge is 0.304 e. The SMILES string of the molecule is CC(C)(C)[Si](OCCC(C=NO)CC(=O)O)(c1ccccc1)c1ccccc1. The van der Waals surface area contributed by atoms with Crippen LogP contribution in [0.4, 0.5) is 0 Å². The first-order chi connectivity index (χ1) is 13.3. The molecule has 6 heteroatoms. The first-order valence-electron chi connectivity index (χ1n) is 9.45. The zero-order valence-corrected chi connectivity index (χ0v) is 17.7. The lowest BCUT2D eigenvalue weighted by atomic mass is 10.0. The van der Waals surface area contributed by atoms with Crippen molar-refractivity contribution in [2.75, 3.05) is 6.61 Å². The van der Waals surface area contributed by atoms with Gasteiger partial charge in [-0.1, -0.05) is 81.4 Å². The molecule has 2 rings (SSSR count). The fourth-order valence-electron chi connectivity index (χ4n) is 3.67. The zero-order chi connectivity index (χ0) is 20.6. The predicted octanol–water partition coefficient (Wildman–Crippen LogP) is 3.50. The Morgan fingerprint density at radius 1 is 1.07 bits per heavy atom. The van der Waals surface area contributed by atoms with Crippen LogP contribution in [0.15, 0.2) is 65.8 Å². The number of carboxylic acid groups (broad SMARTS) is 1. The van der Waals surface area contributed by atoms with Crippen molar-refractivity contribution >= 4 is 30.9 Å². The molecule has 2 aromatic rings. The van der Waals surface area contributed by atoms with Gasteiger partial charge in [0.25, 0.3) is 8.32 Å². The van der Waals surface area contributed by atoms with Gasteiger partial charge in [-0.25, -0.2) is 0 Å². The molecule has 2 aromatic carbocycles. The molecule has 0 spiro atoms. The maximum atomic E-state index is 11.1. The molecule has 0 fully saturated rings. The van der Waals surface area contributed by atoms with Gasteiger partial charge in [0.1, 0.15) is 0 Å². The second-order valence-electron chi connectivity index (χ2n) is 7.92. The second kappa shape index (κ2) is 9.66. The summed E-state index contributed by atoms with van der Waals surface area (Å²) < 4.78 is 6.73. The molecule has 1 atom stereocenters. The summed E-state index contributed by atoms with van der Waals surface area (Å²) >= 11 is 0. The van der Waals surface area contributed by atoms with Crippen molar-refractivity contribution in [3.05, 3.63) is 60.7 Å². The highest BCUT2D eigenvalue weighted by Crippen LogP contribution is 2.36. The maximum Gasteiger partial charge on any atom is 0.304 e.